The van der Waals surface area contributed by atoms with Crippen molar-refractivity contribution < 1.29 is 0 Å². The fraction of sp³-hybridized carbons (Fsp3) is 0.267. The average molecular weight is 267 g/mol. The minimum Gasteiger partial charge on any atom is -0.329 e. The zero-order chi connectivity index (χ0) is 14.7. The first kappa shape index (κ1) is 13.8. The van der Waals surface area contributed by atoms with Gasteiger partial charge in [0.05, 0.1) is 0 Å². The summed E-state index contributed by atoms with van der Waals surface area (Å²) in [5.41, 5.74) is 3.55. The molecule has 0 bridgehead atoms. The van der Waals surface area contributed by atoms with Crippen LogP contribution in [0.15, 0.2) is 30.6 Å². The van der Waals surface area contributed by atoms with Crippen molar-refractivity contribution in [2.45, 2.75) is 13.8 Å². The predicted octanol–water partition coefficient (Wildman–Crippen LogP) is 2.78. The van der Waals surface area contributed by atoms with E-state index in [9.17, 15) is 0 Å². The smallest absolute Gasteiger partial charge is 0.185 e. The summed E-state index contributed by atoms with van der Waals surface area (Å²) in [5.74, 6) is 1.33. The van der Waals surface area contributed by atoms with Crippen molar-refractivity contribution in [2.75, 3.05) is 23.9 Å². The van der Waals surface area contributed by atoms with Gasteiger partial charge in [-0.05, 0) is 37.1 Å². The van der Waals surface area contributed by atoms with Crippen LogP contribution in [0.5, 0.6) is 0 Å². The first-order valence-electron chi connectivity index (χ1n) is 6.29. The maximum atomic E-state index is 8.90. The largest absolute Gasteiger partial charge is 0.329 e. The van der Waals surface area contributed by atoms with Gasteiger partial charge in [0.1, 0.15) is 18.0 Å². The lowest BCUT2D eigenvalue weighted by atomic mass is 10.1. The number of aryl methyl sites for hydroxylation is 2. The quantitative estimate of drug-likeness (QED) is 0.632. The third-order valence-electron chi connectivity index (χ3n) is 3.35. The molecule has 0 spiro atoms. The molecule has 2 aromatic rings. The number of rotatable bonds is 3. The van der Waals surface area contributed by atoms with Gasteiger partial charge in [-0.3, -0.25) is 4.90 Å². The first-order valence-corrected chi connectivity index (χ1v) is 6.29. The van der Waals surface area contributed by atoms with Crippen LogP contribution in [0.25, 0.3) is 0 Å². The fourth-order valence-corrected chi connectivity index (χ4v) is 1.82. The van der Waals surface area contributed by atoms with Gasteiger partial charge in [0.15, 0.2) is 6.19 Å². The van der Waals surface area contributed by atoms with E-state index in [-0.39, 0.29) is 0 Å². The molecule has 1 heterocycles. The third kappa shape index (κ3) is 2.69. The number of hydrogen-bond donors (Lipinski definition) is 0. The van der Waals surface area contributed by atoms with Gasteiger partial charge in [0.25, 0.3) is 0 Å². The van der Waals surface area contributed by atoms with E-state index in [1.165, 1.54) is 22.4 Å². The van der Waals surface area contributed by atoms with Crippen molar-refractivity contribution in [1.82, 2.24) is 9.97 Å². The van der Waals surface area contributed by atoms with E-state index in [1.807, 2.05) is 18.1 Å². The van der Waals surface area contributed by atoms with Gasteiger partial charge < -0.3 is 4.90 Å². The van der Waals surface area contributed by atoms with E-state index in [1.54, 1.807) is 13.1 Å². The van der Waals surface area contributed by atoms with Crippen molar-refractivity contribution in [1.29, 1.82) is 5.26 Å². The van der Waals surface area contributed by atoms with Crippen LogP contribution in [0.1, 0.15) is 11.1 Å². The third-order valence-corrected chi connectivity index (χ3v) is 3.35. The molecule has 0 fully saturated rings. The van der Waals surface area contributed by atoms with Crippen molar-refractivity contribution >= 4 is 17.3 Å². The Bertz CT molecular complexity index is 660. The highest BCUT2D eigenvalue weighted by Gasteiger charge is 2.09. The molecule has 0 N–H and O–H groups in total. The zero-order valence-electron chi connectivity index (χ0n) is 12.1. The summed E-state index contributed by atoms with van der Waals surface area (Å²) in [4.78, 5) is 11.7. The predicted molar refractivity (Wildman–Crippen MR) is 80.0 cm³/mol. The van der Waals surface area contributed by atoms with Crippen LogP contribution < -0.4 is 9.80 Å². The molecule has 0 saturated heterocycles. The summed E-state index contributed by atoms with van der Waals surface area (Å²) in [7, 11) is 3.62. The van der Waals surface area contributed by atoms with E-state index in [2.05, 4.69) is 42.0 Å². The second kappa shape index (κ2) is 5.57. The summed E-state index contributed by atoms with van der Waals surface area (Å²) < 4.78 is 0. The van der Waals surface area contributed by atoms with Gasteiger partial charge >= 0.3 is 0 Å². The lowest BCUT2D eigenvalue weighted by Gasteiger charge is -2.20. The Morgan fingerprint density at radius 2 is 1.70 bits per heavy atom. The van der Waals surface area contributed by atoms with Crippen molar-refractivity contribution in [3.63, 3.8) is 0 Å². The van der Waals surface area contributed by atoms with Crippen molar-refractivity contribution in [3.05, 3.63) is 41.7 Å². The van der Waals surface area contributed by atoms with Crippen LogP contribution in [0.3, 0.4) is 0 Å². The molecule has 5 heteroatoms. The lowest BCUT2D eigenvalue weighted by Crippen LogP contribution is -2.15. The lowest BCUT2D eigenvalue weighted by molar-refractivity contribution is 1.04. The Hall–Kier alpha value is -2.61. The summed E-state index contributed by atoms with van der Waals surface area (Å²) >= 11 is 0. The van der Waals surface area contributed by atoms with Crippen LogP contribution in [0.2, 0.25) is 0 Å². The molecule has 0 saturated carbocycles. The van der Waals surface area contributed by atoms with E-state index in [4.69, 9.17) is 5.26 Å². The van der Waals surface area contributed by atoms with Gasteiger partial charge in [0.2, 0.25) is 0 Å². The maximum Gasteiger partial charge on any atom is 0.185 e. The van der Waals surface area contributed by atoms with Gasteiger partial charge in [0, 0.05) is 25.8 Å². The number of nitriles is 1. The highest BCUT2D eigenvalue weighted by molar-refractivity contribution is 5.63. The van der Waals surface area contributed by atoms with Gasteiger partial charge in [-0.2, -0.15) is 5.26 Å². The molecule has 5 nitrogen and oxygen atoms in total. The number of hydrogen-bond acceptors (Lipinski definition) is 5. The SMILES string of the molecule is Cc1ccc(N(C)c2cc(N(C)C#N)ncn2)cc1C. The summed E-state index contributed by atoms with van der Waals surface area (Å²) in [6.07, 6.45) is 3.50. The fourth-order valence-electron chi connectivity index (χ4n) is 1.82. The topological polar surface area (TPSA) is 56.0 Å². The Balaban J connectivity index is 2.35. The molecule has 1 aromatic heterocycles. The molecular formula is C15H17N5. The molecule has 0 aliphatic rings. The standard InChI is InChI=1S/C15H17N5/c1-11-5-6-13(7-12(11)2)20(4)15-8-14(17-10-18-15)19(3)9-16/h5-8,10H,1-4H3. The van der Waals surface area contributed by atoms with E-state index in [0.717, 1.165) is 11.5 Å². The van der Waals surface area contributed by atoms with E-state index < -0.39 is 0 Å². The molecule has 20 heavy (non-hydrogen) atoms. The molecule has 0 unspecified atom stereocenters. The number of nitrogens with zero attached hydrogens (tertiary/aromatic N) is 5. The number of anilines is 3. The molecule has 0 aliphatic heterocycles. The maximum absolute atomic E-state index is 8.90. The molecule has 2 rings (SSSR count). The molecule has 0 radical (unpaired) electrons. The van der Waals surface area contributed by atoms with Gasteiger partial charge in [-0.25, -0.2) is 9.97 Å². The normalized spacial score (nSPS) is 9.95. The van der Waals surface area contributed by atoms with Crippen molar-refractivity contribution in [2.24, 2.45) is 0 Å². The summed E-state index contributed by atoms with van der Waals surface area (Å²) in [5, 5.41) is 8.90. The second-order valence-corrected chi connectivity index (χ2v) is 4.72. The van der Waals surface area contributed by atoms with E-state index in [0.29, 0.717) is 5.82 Å². The molecule has 102 valence electrons. The van der Waals surface area contributed by atoms with Gasteiger partial charge in [-0.15, -0.1) is 0 Å². The minimum absolute atomic E-state index is 0.577. The molecular weight excluding hydrogens is 250 g/mol. The van der Waals surface area contributed by atoms with Crippen LogP contribution in [-0.4, -0.2) is 24.1 Å². The van der Waals surface area contributed by atoms with Crippen LogP contribution in [0.4, 0.5) is 17.3 Å². The second-order valence-electron chi connectivity index (χ2n) is 4.72. The first-order chi connectivity index (χ1) is 9.52. The average Bonchev–Trinajstić information content (AvgIpc) is 2.48. The Labute approximate surface area is 119 Å². The van der Waals surface area contributed by atoms with Crippen LogP contribution >= 0.6 is 0 Å². The van der Waals surface area contributed by atoms with E-state index >= 15 is 0 Å². The Kier molecular flexibility index (Phi) is 3.85. The Morgan fingerprint density at radius 3 is 2.35 bits per heavy atom. The monoisotopic (exact) mass is 267 g/mol. The summed E-state index contributed by atoms with van der Waals surface area (Å²) in [6, 6.07) is 8.05. The number of aromatic nitrogens is 2. The molecule has 0 amide bonds. The molecule has 0 aliphatic carbocycles. The Morgan fingerprint density at radius 1 is 1.00 bits per heavy atom. The van der Waals surface area contributed by atoms with Crippen LogP contribution in [0, 0.1) is 25.3 Å². The van der Waals surface area contributed by atoms with Crippen LogP contribution in [-0.2, 0) is 0 Å². The van der Waals surface area contributed by atoms with Crippen molar-refractivity contribution in [3.8, 4) is 6.19 Å². The zero-order valence-corrected chi connectivity index (χ0v) is 12.1. The highest BCUT2D eigenvalue weighted by Crippen LogP contribution is 2.25. The molecule has 0 atom stereocenters. The van der Waals surface area contributed by atoms with Gasteiger partial charge in [-0.1, -0.05) is 6.07 Å². The number of benzene rings is 1. The summed E-state index contributed by atoms with van der Waals surface area (Å²) in [6.45, 7) is 4.17. The molecule has 1 aromatic carbocycles. The minimum atomic E-state index is 0.577. The highest BCUT2D eigenvalue weighted by atomic mass is 15.2.